The standard InChI is InChI=1S/C22H21N3O5/c1-4-29-22(28)21-14(3)24-13(2)20(21)18(26)12-30-19(27)10-9-15-11-23-16-7-5-6-8-17(16)25-15/h5-11,24H,4,12H2,1-3H3/b10-9+. The number of nitrogens with zero attached hydrogens (tertiary/aromatic N) is 2. The van der Waals surface area contributed by atoms with Gasteiger partial charge in [0, 0.05) is 17.5 Å². The molecule has 0 spiro atoms. The van der Waals surface area contributed by atoms with Crippen molar-refractivity contribution in [2.45, 2.75) is 20.8 Å². The molecule has 0 bridgehead atoms. The predicted molar refractivity (Wildman–Crippen MR) is 110 cm³/mol. The number of rotatable bonds is 7. The zero-order chi connectivity index (χ0) is 21.7. The van der Waals surface area contributed by atoms with Gasteiger partial charge >= 0.3 is 11.9 Å². The number of carbonyl (C=O) groups is 3. The van der Waals surface area contributed by atoms with Crippen LogP contribution in [-0.2, 0) is 14.3 Å². The minimum Gasteiger partial charge on any atom is -0.462 e. The molecule has 2 aromatic heterocycles. The van der Waals surface area contributed by atoms with E-state index < -0.39 is 24.3 Å². The predicted octanol–water partition coefficient (Wildman–Crippen LogP) is 3.19. The van der Waals surface area contributed by atoms with E-state index in [9.17, 15) is 14.4 Å². The Labute approximate surface area is 172 Å². The van der Waals surface area contributed by atoms with E-state index in [2.05, 4.69) is 15.0 Å². The molecule has 0 aliphatic rings. The molecule has 154 valence electrons. The molecule has 3 aromatic rings. The van der Waals surface area contributed by atoms with E-state index >= 15 is 0 Å². The number of hydrogen-bond donors (Lipinski definition) is 1. The average Bonchev–Trinajstić information content (AvgIpc) is 3.04. The number of ketones is 1. The SMILES string of the molecule is CCOC(=O)c1c(C)[nH]c(C)c1C(=O)COC(=O)/C=C/c1cnc2ccccc2n1. The molecule has 0 aliphatic carbocycles. The maximum absolute atomic E-state index is 12.6. The summed E-state index contributed by atoms with van der Waals surface area (Å²) in [7, 11) is 0. The number of hydrogen-bond acceptors (Lipinski definition) is 7. The van der Waals surface area contributed by atoms with E-state index in [1.807, 2.05) is 24.3 Å². The van der Waals surface area contributed by atoms with Crippen molar-refractivity contribution in [3.63, 3.8) is 0 Å². The molecular weight excluding hydrogens is 386 g/mol. The van der Waals surface area contributed by atoms with Crippen LogP contribution in [0.4, 0.5) is 0 Å². The van der Waals surface area contributed by atoms with Crippen LogP contribution in [0.1, 0.15) is 44.7 Å². The molecule has 0 saturated carbocycles. The van der Waals surface area contributed by atoms with Gasteiger partial charge in [0.25, 0.3) is 0 Å². The second-order valence-corrected chi connectivity index (χ2v) is 6.49. The van der Waals surface area contributed by atoms with Crippen molar-refractivity contribution in [2.24, 2.45) is 0 Å². The van der Waals surface area contributed by atoms with Crippen molar-refractivity contribution in [1.29, 1.82) is 0 Å². The van der Waals surface area contributed by atoms with E-state index in [4.69, 9.17) is 9.47 Å². The molecule has 3 rings (SSSR count). The fraction of sp³-hybridized carbons (Fsp3) is 0.227. The highest BCUT2D eigenvalue weighted by Gasteiger charge is 2.25. The highest BCUT2D eigenvalue weighted by Crippen LogP contribution is 2.20. The van der Waals surface area contributed by atoms with E-state index in [0.29, 0.717) is 22.6 Å². The first-order valence-corrected chi connectivity index (χ1v) is 9.36. The third-order valence-corrected chi connectivity index (χ3v) is 4.34. The van der Waals surface area contributed by atoms with Gasteiger partial charge < -0.3 is 14.5 Å². The molecule has 0 saturated heterocycles. The van der Waals surface area contributed by atoms with Crippen LogP contribution in [0.5, 0.6) is 0 Å². The fourth-order valence-electron chi connectivity index (χ4n) is 3.05. The second-order valence-electron chi connectivity index (χ2n) is 6.49. The van der Waals surface area contributed by atoms with Crippen LogP contribution in [-0.4, -0.2) is 45.9 Å². The first-order chi connectivity index (χ1) is 14.4. The third kappa shape index (κ3) is 4.60. The first-order valence-electron chi connectivity index (χ1n) is 9.36. The molecule has 0 aliphatic heterocycles. The van der Waals surface area contributed by atoms with E-state index in [-0.39, 0.29) is 17.7 Å². The topological polar surface area (TPSA) is 111 Å². The van der Waals surface area contributed by atoms with Crippen molar-refractivity contribution in [3.05, 3.63) is 64.7 Å². The summed E-state index contributed by atoms with van der Waals surface area (Å²) in [4.78, 5) is 48.4. The van der Waals surface area contributed by atoms with Crippen molar-refractivity contribution < 1.29 is 23.9 Å². The van der Waals surface area contributed by atoms with Crippen LogP contribution < -0.4 is 0 Å². The zero-order valence-electron chi connectivity index (χ0n) is 16.9. The lowest BCUT2D eigenvalue weighted by molar-refractivity contribution is -0.136. The Bertz CT molecular complexity index is 1150. The molecule has 0 unspecified atom stereocenters. The summed E-state index contributed by atoms with van der Waals surface area (Å²) in [6.45, 7) is 4.71. The summed E-state index contributed by atoms with van der Waals surface area (Å²) < 4.78 is 10.1. The Morgan fingerprint density at radius 3 is 2.47 bits per heavy atom. The van der Waals surface area contributed by atoms with Crippen LogP contribution in [0.15, 0.2) is 36.5 Å². The minimum atomic E-state index is -0.707. The van der Waals surface area contributed by atoms with Gasteiger partial charge in [0.2, 0.25) is 5.78 Å². The van der Waals surface area contributed by atoms with Gasteiger partial charge in [-0.15, -0.1) is 0 Å². The van der Waals surface area contributed by atoms with Crippen molar-refractivity contribution in [3.8, 4) is 0 Å². The van der Waals surface area contributed by atoms with Crippen molar-refractivity contribution >= 4 is 34.8 Å². The summed E-state index contributed by atoms with van der Waals surface area (Å²) >= 11 is 0. The number of nitrogens with one attached hydrogen (secondary N) is 1. The molecular formula is C22H21N3O5. The van der Waals surface area contributed by atoms with E-state index in [1.165, 1.54) is 18.3 Å². The van der Waals surface area contributed by atoms with Crippen LogP contribution in [0.2, 0.25) is 0 Å². The molecule has 30 heavy (non-hydrogen) atoms. The largest absolute Gasteiger partial charge is 0.462 e. The number of aromatic nitrogens is 3. The van der Waals surface area contributed by atoms with Gasteiger partial charge in [-0.3, -0.25) is 9.78 Å². The van der Waals surface area contributed by atoms with Gasteiger partial charge in [-0.1, -0.05) is 12.1 Å². The maximum Gasteiger partial charge on any atom is 0.340 e. The van der Waals surface area contributed by atoms with Crippen LogP contribution in [0, 0.1) is 13.8 Å². The Hall–Kier alpha value is -3.81. The Morgan fingerprint density at radius 1 is 1.03 bits per heavy atom. The van der Waals surface area contributed by atoms with Crippen LogP contribution >= 0.6 is 0 Å². The van der Waals surface area contributed by atoms with Crippen molar-refractivity contribution in [2.75, 3.05) is 13.2 Å². The molecule has 1 aromatic carbocycles. The van der Waals surface area contributed by atoms with Gasteiger partial charge in [0.05, 0.1) is 40.7 Å². The van der Waals surface area contributed by atoms with Crippen molar-refractivity contribution in [1.82, 2.24) is 15.0 Å². The summed E-state index contributed by atoms with van der Waals surface area (Å²) in [5, 5.41) is 0. The highest BCUT2D eigenvalue weighted by molar-refractivity contribution is 6.09. The molecule has 8 nitrogen and oxygen atoms in total. The molecule has 1 N–H and O–H groups in total. The molecule has 0 atom stereocenters. The van der Waals surface area contributed by atoms with Crippen LogP contribution in [0.25, 0.3) is 17.1 Å². The molecule has 8 heteroatoms. The van der Waals surface area contributed by atoms with E-state index in [0.717, 1.165) is 5.52 Å². The number of H-pyrrole nitrogens is 1. The smallest absolute Gasteiger partial charge is 0.340 e. The quantitative estimate of drug-likeness (QED) is 0.364. The number of carbonyl (C=O) groups excluding carboxylic acids is 3. The Morgan fingerprint density at radius 2 is 1.73 bits per heavy atom. The number of benzene rings is 1. The summed E-state index contributed by atoms with van der Waals surface area (Å²) in [5.74, 6) is -1.79. The molecule has 0 amide bonds. The van der Waals surface area contributed by atoms with Crippen LogP contribution in [0.3, 0.4) is 0 Å². The van der Waals surface area contributed by atoms with Gasteiger partial charge in [0.15, 0.2) is 6.61 Å². The lowest BCUT2D eigenvalue weighted by Gasteiger charge is -2.06. The summed E-state index contributed by atoms with van der Waals surface area (Å²) in [6.07, 6.45) is 4.17. The number of aryl methyl sites for hydroxylation is 2. The fourth-order valence-corrected chi connectivity index (χ4v) is 3.05. The lowest BCUT2D eigenvalue weighted by atomic mass is 10.1. The molecule has 0 radical (unpaired) electrons. The third-order valence-electron chi connectivity index (χ3n) is 4.34. The van der Waals surface area contributed by atoms with Gasteiger partial charge in [-0.2, -0.15) is 0 Å². The number of esters is 2. The molecule has 2 heterocycles. The monoisotopic (exact) mass is 407 g/mol. The number of aromatic amines is 1. The van der Waals surface area contributed by atoms with Gasteiger partial charge in [-0.25, -0.2) is 14.6 Å². The number of fused-ring (bicyclic) bond motifs is 1. The number of para-hydroxylation sites is 2. The average molecular weight is 407 g/mol. The van der Waals surface area contributed by atoms with E-state index in [1.54, 1.807) is 20.8 Å². The first kappa shape index (κ1) is 20.9. The second kappa shape index (κ2) is 9.13. The Kier molecular flexibility index (Phi) is 6.36. The summed E-state index contributed by atoms with van der Waals surface area (Å²) in [5.41, 5.74) is 3.30. The maximum atomic E-state index is 12.6. The van der Waals surface area contributed by atoms with Gasteiger partial charge in [-0.05, 0) is 39.0 Å². The zero-order valence-corrected chi connectivity index (χ0v) is 16.9. The number of ether oxygens (including phenoxy) is 2. The molecule has 0 fully saturated rings. The Balaban J connectivity index is 1.66. The highest BCUT2D eigenvalue weighted by atomic mass is 16.5. The minimum absolute atomic E-state index is 0.164. The lowest BCUT2D eigenvalue weighted by Crippen LogP contribution is -2.17. The van der Waals surface area contributed by atoms with Gasteiger partial charge in [0.1, 0.15) is 0 Å². The summed E-state index contributed by atoms with van der Waals surface area (Å²) in [6, 6.07) is 7.37. The normalized spacial score (nSPS) is 11.0. The number of Topliss-reactive ketones (excluding diaryl/α,β-unsaturated/α-hetero) is 1.